The number of aryl methyl sites for hydroxylation is 1. The Morgan fingerprint density at radius 1 is 1.10 bits per heavy atom. The Hall–Kier alpha value is -5.23. The maximum Gasteiger partial charge on any atom is 0.263 e. The monoisotopic (exact) mass is 543 g/mol. The molecule has 0 aliphatic heterocycles. The number of pyridine rings is 2. The van der Waals surface area contributed by atoms with E-state index in [0.29, 0.717) is 40.6 Å². The second kappa shape index (κ2) is 10.4. The largest absolute Gasteiger partial charge is 0.368 e. The molecule has 3 aromatic heterocycles. The Morgan fingerprint density at radius 3 is 2.61 bits per heavy atom. The van der Waals surface area contributed by atoms with Gasteiger partial charge in [-0.25, -0.2) is 4.98 Å². The summed E-state index contributed by atoms with van der Waals surface area (Å²) in [4.78, 5) is 35.5. The first kappa shape index (κ1) is 26.0. The fraction of sp³-hybridized carbons (Fsp3) is 0.219. The van der Waals surface area contributed by atoms with Gasteiger partial charge in [0.25, 0.3) is 11.1 Å². The van der Waals surface area contributed by atoms with Gasteiger partial charge in [-0.15, -0.1) is 0 Å². The summed E-state index contributed by atoms with van der Waals surface area (Å²) in [5.74, 6) is 0.871. The van der Waals surface area contributed by atoms with Gasteiger partial charge in [0.2, 0.25) is 5.95 Å². The van der Waals surface area contributed by atoms with Crippen molar-refractivity contribution in [2.75, 3.05) is 11.1 Å². The van der Waals surface area contributed by atoms with E-state index in [1.54, 1.807) is 9.13 Å². The first-order chi connectivity index (χ1) is 19.8. The molecule has 5 aromatic rings. The smallest absolute Gasteiger partial charge is 0.263 e. The van der Waals surface area contributed by atoms with Gasteiger partial charge in [0.05, 0.1) is 17.6 Å². The van der Waals surface area contributed by atoms with Crippen LogP contribution in [0.1, 0.15) is 42.6 Å². The zero-order valence-corrected chi connectivity index (χ0v) is 22.8. The molecule has 9 nitrogen and oxygen atoms in total. The molecule has 9 heteroatoms. The molecule has 0 unspecified atom stereocenters. The van der Waals surface area contributed by atoms with Gasteiger partial charge in [0.1, 0.15) is 17.5 Å². The van der Waals surface area contributed by atoms with Gasteiger partial charge in [0, 0.05) is 29.7 Å². The van der Waals surface area contributed by atoms with Crippen molar-refractivity contribution in [2.24, 2.45) is 5.92 Å². The number of nitrogens with one attached hydrogen (secondary N) is 1. The summed E-state index contributed by atoms with van der Waals surface area (Å²) < 4.78 is 3.48. The number of benzene rings is 2. The summed E-state index contributed by atoms with van der Waals surface area (Å²) in [6.45, 7) is 4.42. The van der Waals surface area contributed by atoms with Gasteiger partial charge in [-0.3, -0.25) is 14.2 Å². The standard InChI is InChI=1S/C32H29N7O2/c1-19-13-23(18-38(30(19)40)17-21-11-12-21)26-10-6-7-22-14-27(20(2)36-29-24(15-33)16-35-32(34)37-29)39(31(41)28(22)26)25-8-4-3-5-9-25/h3-10,13-14,16,18,20-21H,11-12,17H2,1-2H3,(H3,34,35,36,37)/t20-/m0/s1. The molecule has 3 heterocycles. The van der Waals surface area contributed by atoms with Gasteiger partial charge in [0.15, 0.2) is 0 Å². The first-order valence-electron chi connectivity index (χ1n) is 13.6. The van der Waals surface area contributed by atoms with E-state index >= 15 is 0 Å². The molecule has 3 N–H and O–H groups in total. The van der Waals surface area contributed by atoms with Crippen LogP contribution < -0.4 is 22.2 Å². The first-order valence-corrected chi connectivity index (χ1v) is 13.6. The molecular weight excluding hydrogens is 514 g/mol. The lowest BCUT2D eigenvalue weighted by atomic mass is 9.98. The molecule has 1 aliphatic rings. The van der Waals surface area contributed by atoms with Crippen molar-refractivity contribution in [3.63, 3.8) is 0 Å². The Kier molecular flexibility index (Phi) is 6.59. The van der Waals surface area contributed by atoms with Gasteiger partial charge < -0.3 is 15.6 Å². The van der Waals surface area contributed by atoms with Crippen LogP contribution in [-0.4, -0.2) is 19.1 Å². The number of nitrogens with zero attached hydrogens (tertiary/aromatic N) is 5. The van der Waals surface area contributed by atoms with Crippen LogP contribution in [-0.2, 0) is 6.54 Å². The van der Waals surface area contributed by atoms with E-state index in [1.165, 1.54) is 6.20 Å². The highest BCUT2D eigenvalue weighted by atomic mass is 16.1. The number of hydrogen-bond acceptors (Lipinski definition) is 7. The van der Waals surface area contributed by atoms with Crippen LogP contribution in [0.3, 0.4) is 0 Å². The van der Waals surface area contributed by atoms with Crippen LogP contribution in [0.5, 0.6) is 0 Å². The van der Waals surface area contributed by atoms with E-state index in [1.807, 2.05) is 80.7 Å². The highest BCUT2D eigenvalue weighted by Gasteiger charge is 2.24. The quantitative estimate of drug-likeness (QED) is 0.297. The number of nitriles is 1. The third kappa shape index (κ3) is 4.96. The average molecular weight is 544 g/mol. The zero-order valence-electron chi connectivity index (χ0n) is 22.8. The Bertz CT molecular complexity index is 1950. The molecule has 1 saturated carbocycles. The molecule has 1 fully saturated rings. The summed E-state index contributed by atoms with van der Waals surface area (Å²) >= 11 is 0. The Balaban J connectivity index is 1.56. The molecule has 1 atom stereocenters. The number of nitrogen functional groups attached to an aromatic ring is 1. The molecule has 41 heavy (non-hydrogen) atoms. The number of nitrogens with two attached hydrogens (primary N) is 1. The van der Waals surface area contributed by atoms with Crippen LogP contribution in [0, 0.1) is 24.2 Å². The molecular formula is C32H29N7O2. The van der Waals surface area contributed by atoms with Crippen LogP contribution in [0.4, 0.5) is 11.8 Å². The summed E-state index contributed by atoms with van der Waals surface area (Å²) in [5, 5.41) is 14.2. The molecule has 0 bridgehead atoms. The highest BCUT2D eigenvalue weighted by Crippen LogP contribution is 2.33. The molecule has 6 rings (SSSR count). The van der Waals surface area contributed by atoms with Gasteiger partial charge >= 0.3 is 0 Å². The van der Waals surface area contributed by atoms with Crippen molar-refractivity contribution in [1.82, 2.24) is 19.1 Å². The fourth-order valence-corrected chi connectivity index (χ4v) is 5.30. The Labute approximate surface area is 236 Å². The van der Waals surface area contributed by atoms with Crippen molar-refractivity contribution < 1.29 is 0 Å². The maximum atomic E-state index is 14.5. The van der Waals surface area contributed by atoms with Crippen molar-refractivity contribution >= 4 is 22.5 Å². The number of aromatic nitrogens is 4. The van der Waals surface area contributed by atoms with E-state index in [4.69, 9.17) is 5.73 Å². The lowest BCUT2D eigenvalue weighted by molar-refractivity contribution is 0.605. The second-order valence-electron chi connectivity index (χ2n) is 10.6. The van der Waals surface area contributed by atoms with Crippen molar-refractivity contribution in [2.45, 2.75) is 39.3 Å². The van der Waals surface area contributed by atoms with Gasteiger partial charge in [-0.1, -0.05) is 36.4 Å². The summed E-state index contributed by atoms with van der Waals surface area (Å²) in [5.41, 5.74) is 9.51. The van der Waals surface area contributed by atoms with Crippen molar-refractivity contribution in [3.8, 4) is 22.9 Å². The molecule has 0 amide bonds. The number of hydrogen-bond donors (Lipinski definition) is 2. The lowest BCUT2D eigenvalue weighted by Crippen LogP contribution is -2.26. The normalized spacial score (nSPS) is 13.6. The van der Waals surface area contributed by atoms with E-state index < -0.39 is 6.04 Å². The summed E-state index contributed by atoms with van der Waals surface area (Å²) in [7, 11) is 0. The van der Waals surface area contributed by atoms with Crippen LogP contribution in [0.2, 0.25) is 0 Å². The molecule has 1 aliphatic carbocycles. The summed E-state index contributed by atoms with van der Waals surface area (Å²) in [6, 6.07) is 20.7. The van der Waals surface area contributed by atoms with E-state index in [-0.39, 0.29) is 22.6 Å². The average Bonchev–Trinajstić information content (AvgIpc) is 3.79. The predicted molar refractivity (Wildman–Crippen MR) is 160 cm³/mol. The number of para-hydroxylation sites is 1. The Morgan fingerprint density at radius 2 is 1.88 bits per heavy atom. The molecule has 0 saturated heterocycles. The van der Waals surface area contributed by atoms with E-state index in [2.05, 4.69) is 21.4 Å². The third-order valence-corrected chi connectivity index (χ3v) is 7.54. The molecule has 2 aromatic carbocycles. The van der Waals surface area contributed by atoms with Gasteiger partial charge in [-0.2, -0.15) is 10.2 Å². The minimum Gasteiger partial charge on any atom is -0.368 e. The molecule has 0 radical (unpaired) electrons. The number of rotatable bonds is 7. The summed E-state index contributed by atoms with van der Waals surface area (Å²) in [6.07, 6.45) is 5.53. The topological polar surface area (TPSA) is 132 Å². The van der Waals surface area contributed by atoms with Gasteiger partial charge in [-0.05, 0) is 73.4 Å². The number of fused-ring (bicyclic) bond motifs is 1. The molecule has 0 spiro atoms. The minimum atomic E-state index is -0.431. The third-order valence-electron chi connectivity index (χ3n) is 7.54. The maximum absolute atomic E-state index is 14.5. The zero-order chi connectivity index (χ0) is 28.7. The van der Waals surface area contributed by atoms with E-state index in [9.17, 15) is 14.9 Å². The SMILES string of the molecule is Cc1cc(-c2cccc3cc([C@H](C)Nc4nc(N)ncc4C#N)n(-c4ccccc4)c(=O)c23)cn(CC2CC2)c1=O. The van der Waals surface area contributed by atoms with Crippen LogP contribution in [0.25, 0.3) is 27.6 Å². The van der Waals surface area contributed by atoms with Crippen molar-refractivity contribution in [3.05, 3.63) is 111 Å². The highest BCUT2D eigenvalue weighted by molar-refractivity contribution is 5.96. The molecule has 204 valence electrons. The second-order valence-corrected chi connectivity index (χ2v) is 10.6. The lowest BCUT2D eigenvalue weighted by Gasteiger charge is -2.22. The van der Waals surface area contributed by atoms with Crippen LogP contribution >= 0.6 is 0 Å². The van der Waals surface area contributed by atoms with E-state index in [0.717, 1.165) is 29.4 Å². The fourth-order valence-electron chi connectivity index (χ4n) is 5.30. The number of anilines is 2. The van der Waals surface area contributed by atoms with Crippen molar-refractivity contribution in [1.29, 1.82) is 5.26 Å². The minimum absolute atomic E-state index is 0.00636. The predicted octanol–water partition coefficient (Wildman–Crippen LogP) is 4.95. The van der Waals surface area contributed by atoms with Crippen LogP contribution in [0.15, 0.2) is 82.6 Å².